The Morgan fingerprint density at radius 1 is 1.43 bits per heavy atom. The van der Waals surface area contributed by atoms with Crippen molar-refractivity contribution < 1.29 is 23.1 Å². The van der Waals surface area contributed by atoms with E-state index in [9.17, 15) is 13.2 Å². The van der Waals surface area contributed by atoms with Gasteiger partial charge in [-0.2, -0.15) is 4.31 Å². The van der Waals surface area contributed by atoms with Crippen molar-refractivity contribution in [1.29, 1.82) is 0 Å². The molecule has 1 aliphatic rings. The highest BCUT2D eigenvalue weighted by molar-refractivity contribution is 7.89. The van der Waals surface area contributed by atoms with Gasteiger partial charge in [-0.25, -0.2) is 13.4 Å². The fraction of sp³-hybridized carbons (Fsp3) is 0.600. The van der Waals surface area contributed by atoms with E-state index in [0.717, 1.165) is 25.7 Å². The first-order chi connectivity index (χ1) is 10.9. The summed E-state index contributed by atoms with van der Waals surface area (Å²) in [5.41, 5.74) is 0.537. The van der Waals surface area contributed by atoms with Gasteiger partial charge >= 0.3 is 5.97 Å². The molecular formula is C15H22N2O5S. The Balaban J connectivity index is 2.36. The topological polar surface area (TPSA) is 96.8 Å². The van der Waals surface area contributed by atoms with E-state index in [1.807, 2.05) is 0 Å². The fourth-order valence-electron chi connectivity index (χ4n) is 2.92. The molecule has 0 aromatic carbocycles. The molecule has 0 atom stereocenters. The van der Waals surface area contributed by atoms with Crippen molar-refractivity contribution in [3.8, 4) is 5.88 Å². The molecule has 0 bridgehead atoms. The molecule has 23 heavy (non-hydrogen) atoms. The van der Waals surface area contributed by atoms with Crippen LogP contribution in [0.2, 0.25) is 0 Å². The van der Waals surface area contributed by atoms with E-state index < -0.39 is 16.0 Å². The number of carboxylic acids is 1. The second kappa shape index (κ2) is 7.27. The molecule has 1 aliphatic carbocycles. The molecular weight excluding hydrogens is 320 g/mol. The number of carbonyl (C=O) groups is 1. The highest BCUT2D eigenvalue weighted by Crippen LogP contribution is 2.30. The number of sulfonamides is 1. The van der Waals surface area contributed by atoms with E-state index in [1.54, 1.807) is 13.0 Å². The minimum Gasteiger partial charge on any atom is -0.481 e. The van der Waals surface area contributed by atoms with Crippen LogP contribution in [0.3, 0.4) is 0 Å². The Morgan fingerprint density at radius 2 is 2.09 bits per heavy atom. The molecule has 0 radical (unpaired) electrons. The lowest BCUT2D eigenvalue weighted by atomic mass is 10.2. The summed E-state index contributed by atoms with van der Waals surface area (Å²) < 4.78 is 32.4. The van der Waals surface area contributed by atoms with Crippen LogP contribution >= 0.6 is 0 Å². The van der Waals surface area contributed by atoms with E-state index in [0.29, 0.717) is 11.4 Å². The molecule has 1 aromatic rings. The van der Waals surface area contributed by atoms with E-state index in [1.165, 1.54) is 17.6 Å². The minimum atomic E-state index is -3.78. The summed E-state index contributed by atoms with van der Waals surface area (Å²) in [7, 11) is -2.32. The monoisotopic (exact) mass is 342 g/mol. The molecule has 8 heteroatoms. The number of aromatic nitrogens is 1. The Hall–Kier alpha value is -1.67. The predicted molar refractivity (Wildman–Crippen MR) is 83.9 cm³/mol. The van der Waals surface area contributed by atoms with Gasteiger partial charge in [-0.05, 0) is 25.3 Å². The lowest BCUT2D eigenvalue weighted by Gasteiger charge is -2.28. The molecule has 1 saturated carbocycles. The van der Waals surface area contributed by atoms with Gasteiger partial charge in [0.15, 0.2) is 0 Å². The van der Waals surface area contributed by atoms with Gasteiger partial charge in [0.2, 0.25) is 15.9 Å². The van der Waals surface area contributed by atoms with E-state index >= 15 is 0 Å². The molecule has 1 fully saturated rings. The first-order valence-corrected chi connectivity index (χ1v) is 9.04. The third-order valence-electron chi connectivity index (χ3n) is 4.11. The lowest BCUT2D eigenvalue weighted by molar-refractivity contribution is -0.137. The molecule has 1 aromatic heterocycles. The summed E-state index contributed by atoms with van der Waals surface area (Å²) in [5.74, 6) is -0.660. The summed E-state index contributed by atoms with van der Waals surface area (Å²) in [6.45, 7) is 1.66. The highest BCUT2D eigenvalue weighted by Gasteiger charge is 2.34. The fourth-order valence-corrected chi connectivity index (χ4v) is 4.76. The number of aryl methyl sites for hydroxylation is 1. The third-order valence-corrected chi connectivity index (χ3v) is 6.19. The van der Waals surface area contributed by atoms with E-state index in [-0.39, 0.29) is 23.9 Å². The Kier molecular flexibility index (Phi) is 5.59. The van der Waals surface area contributed by atoms with Crippen molar-refractivity contribution >= 4 is 16.0 Å². The number of hydrogen-bond donors (Lipinski definition) is 1. The van der Waals surface area contributed by atoms with Gasteiger partial charge in [-0.1, -0.05) is 12.8 Å². The SMILES string of the molecule is COc1cc(C)c(S(=O)(=O)N(CCC(=O)O)C2CCCC2)cn1. The third kappa shape index (κ3) is 4.00. The lowest BCUT2D eigenvalue weighted by Crippen LogP contribution is -2.40. The number of methoxy groups -OCH3 is 1. The van der Waals surface area contributed by atoms with Crippen molar-refractivity contribution in [2.45, 2.75) is 50.0 Å². The number of carboxylic acid groups (broad SMARTS) is 1. The molecule has 1 N–H and O–H groups in total. The van der Waals surface area contributed by atoms with Gasteiger partial charge in [0.05, 0.1) is 19.7 Å². The van der Waals surface area contributed by atoms with Crippen molar-refractivity contribution in [1.82, 2.24) is 9.29 Å². The Bertz CT molecular complexity index is 668. The van der Waals surface area contributed by atoms with Gasteiger partial charge in [0.25, 0.3) is 0 Å². The first-order valence-electron chi connectivity index (χ1n) is 7.60. The second-order valence-corrected chi connectivity index (χ2v) is 7.55. The van der Waals surface area contributed by atoms with Crippen molar-refractivity contribution in [3.05, 3.63) is 17.8 Å². The van der Waals surface area contributed by atoms with Crippen LogP contribution in [-0.2, 0) is 14.8 Å². The normalized spacial score (nSPS) is 16.0. The van der Waals surface area contributed by atoms with Crippen LogP contribution in [0.25, 0.3) is 0 Å². The zero-order chi connectivity index (χ0) is 17.0. The highest BCUT2D eigenvalue weighted by atomic mass is 32.2. The molecule has 128 valence electrons. The number of ether oxygens (including phenoxy) is 1. The van der Waals surface area contributed by atoms with E-state index in [4.69, 9.17) is 9.84 Å². The van der Waals surface area contributed by atoms with Crippen LogP contribution in [-0.4, -0.2) is 48.5 Å². The van der Waals surface area contributed by atoms with Crippen molar-refractivity contribution in [2.24, 2.45) is 0 Å². The van der Waals surface area contributed by atoms with Gasteiger partial charge < -0.3 is 9.84 Å². The molecule has 2 rings (SSSR count). The maximum atomic E-state index is 13.0. The van der Waals surface area contributed by atoms with Crippen molar-refractivity contribution in [3.63, 3.8) is 0 Å². The minimum absolute atomic E-state index is 0.0200. The number of nitrogens with zero attached hydrogens (tertiary/aromatic N) is 2. The van der Waals surface area contributed by atoms with Gasteiger partial charge in [-0.15, -0.1) is 0 Å². The van der Waals surface area contributed by atoms with Crippen LogP contribution in [0.1, 0.15) is 37.7 Å². The quantitative estimate of drug-likeness (QED) is 0.811. The summed E-state index contributed by atoms with van der Waals surface area (Å²) in [6, 6.07) is 1.43. The number of pyridine rings is 1. The molecule has 0 unspecified atom stereocenters. The van der Waals surface area contributed by atoms with Gasteiger partial charge in [-0.3, -0.25) is 4.79 Å². The molecule has 0 saturated heterocycles. The average Bonchev–Trinajstić information content (AvgIpc) is 3.00. The second-order valence-electron chi connectivity index (χ2n) is 5.69. The largest absolute Gasteiger partial charge is 0.481 e. The number of hydrogen-bond acceptors (Lipinski definition) is 5. The van der Waals surface area contributed by atoms with E-state index in [2.05, 4.69) is 4.98 Å². The summed E-state index contributed by atoms with van der Waals surface area (Å²) in [4.78, 5) is 15.0. The number of rotatable bonds is 7. The molecule has 0 spiro atoms. The van der Waals surface area contributed by atoms with Crippen molar-refractivity contribution in [2.75, 3.05) is 13.7 Å². The van der Waals surface area contributed by atoms with Crippen LogP contribution in [0.5, 0.6) is 5.88 Å². The average molecular weight is 342 g/mol. The molecule has 1 heterocycles. The zero-order valence-electron chi connectivity index (χ0n) is 13.4. The standard InChI is InChI=1S/C15H22N2O5S/c1-11-9-14(22-2)16-10-13(11)23(20,21)17(8-7-15(18)19)12-5-3-4-6-12/h9-10,12H,3-8H2,1-2H3,(H,18,19). The Labute approximate surface area is 136 Å². The summed E-state index contributed by atoms with van der Waals surface area (Å²) >= 11 is 0. The molecule has 0 aliphatic heterocycles. The molecule has 0 amide bonds. The Morgan fingerprint density at radius 3 is 2.61 bits per heavy atom. The van der Waals surface area contributed by atoms with Crippen LogP contribution in [0.15, 0.2) is 17.2 Å². The summed E-state index contributed by atoms with van der Waals surface area (Å²) in [5, 5.41) is 8.91. The number of aliphatic carboxylic acids is 1. The molecule has 7 nitrogen and oxygen atoms in total. The van der Waals surface area contributed by atoms with Crippen LogP contribution in [0.4, 0.5) is 0 Å². The zero-order valence-corrected chi connectivity index (χ0v) is 14.2. The van der Waals surface area contributed by atoms with Crippen LogP contribution in [0, 0.1) is 6.92 Å². The summed E-state index contributed by atoms with van der Waals surface area (Å²) in [6.07, 6.45) is 4.53. The van der Waals surface area contributed by atoms with Gasteiger partial charge in [0, 0.05) is 18.7 Å². The maximum Gasteiger partial charge on any atom is 0.304 e. The first kappa shape index (κ1) is 17.7. The predicted octanol–water partition coefficient (Wildman–Crippen LogP) is 1.81. The van der Waals surface area contributed by atoms with Crippen LogP contribution < -0.4 is 4.74 Å². The van der Waals surface area contributed by atoms with Gasteiger partial charge in [0.1, 0.15) is 4.90 Å². The smallest absolute Gasteiger partial charge is 0.304 e. The maximum absolute atomic E-state index is 13.0.